The minimum Gasteiger partial charge on any atom is -0.333 e. The van der Waals surface area contributed by atoms with E-state index in [1.54, 1.807) is 9.47 Å². The first-order chi connectivity index (χ1) is 14.5. The molecule has 1 unspecified atom stereocenters. The van der Waals surface area contributed by atoms with Gasteiger partial charge in [-0.15, -0.1) is 0 Å². The summed E-state index contributed by atoms with van der Waals surface area (Å²) >= 11 is 0. The molecule has 3 rings (SSSR count). The van der Waals surface area contributed by atoms with Crippen molar-refractivity contribution in [3.05, 3.63) is 69.6 Å². The van der Waals surface area contributed by atoms with Gasteiger partial charge in [0, 0.05) is 32.4 Å². The molecule has 1 N–H and O–H groups in total. The average molecular weight is 411 g/mol. The number of hydrogen-bond donors (Lipinski definition) is 1. The van der Waals surface area contributed by atoms with Gasteiger partial charge in [-0.05, 0) is 70.1 Å². The second kappa shape index (κ2) is 10.5. The minimum absolute atomic E-state index is 0.173. The van der Waals surface area contributed by atoms with Gasteiger partial charge in [-0.3, -0.25) is 9.59 Å². The smallest absolute Gasteiger partial charge is 0.263 e. The maximum atomic E-state index is 13.5. The first kappa shape index (κ1) is 22.2. The lowest BCUT2D eigenvalue weighted by atomic mass is 9.99. The van der Waals surface area contributed by atoms with Crippen molar-refractivity contribution >= 4 is 5.91 Å². The summed E-state index contributed by atoms with van der Waals surface area (Å²) in [5.74, 6) is 0.246. The van der Waals surface area contributed by atoms with Crippen LogP contribution in [0.3, 0.4) is 0 Å². The molecule has 1 fully saturated rings. The van der Waals surface area contributed by atoms with Crippen LogP contribution in [-0.4, -0.2) is 60.5 Å². The number of amides is 1. The highest BCUT2D eigenvalue weighted by molar-refractivity contribution is 5.95. The van der Waals surface area contributed by atoms with Crippen LogP contribution in [-0.2, 0) is 13.1 Å². The van der Waals surface area contributed by atoms with Crippen LogP contribution < -0.4 is 10.9 Å². The summed E-state index contributed by atoms with van der Waals surface area (Å²) in [6.45, 7) is 6.29. The summed E-state index contributed by atoms with van der Waals surface area (Å²) < 4.78 is 1.73. The molecule has 0 aliphatic carbocycles. The van der Waals surface area contributed by atoms with Crippen LogP contribution in [0.1, 0.15) is 34.3 Å². The van der Waals surface area contributed by atoms with Gasteiger partial charge in [-0.25, -0.2) is 0 Å². The largest absolute Gasteiger partial charge is 0.333 e. The number of nitrogens with one attached hydrogen (secondary N) is 1. The maximum absolute atomic E-state index is 13.5. The Balaban J connectivity index is 1.86. The molecule has 1 aliphatic heterocycles. The van der Waals surface area contributed by atoms with Gasteiger partial charge in [-0.2, -0.15) is 0 Å². The van der Waals surface area contributed by atoms with Crippen LogP contribution in [0, 0.1) is 12.8 Å². The number of benzene rings is 1. The molecule has 1 aromatic heterocycles. The number of nitrogens with zero attached hydrogens (tertiary/aromatic N) is 3. The number of rotatable bonds is 8. The van der Waals surface area contributed by atoms with Crippen LogP contribution in [0.5, 0.6) is 0 Å². The van der Waals surface area contributed by atoms with Gasteiger partial charge in [0.15, 0.2) is 0 Å². The van der Waals surface area contributed by atoms with Gasteiger partial charge in [0.25, 0.3) is 11.5 Å². The highest BCUT2D eigenvalue weighted by Gasteiger charge is 2.23. The number of aromatic nitrogens is 1. The average Bonchev–Trinajstić information content (AvgIpc) is 2.74. The number of piperidine rings is 1. The normalized spacial score (nSPS) is 16.6. The topological polar surface area (TPSA) is 57.6 Å². The first-order valence-electron chi connectivity index (χ1n) is 10.8. The van der Waals surface area contributed by atoms with Crippen LogP contribution >= 0.6 is 0 Å². The predicted octanol–water partition coefficient (Wildman–Crippen LogP) is 2.36. The SMILES string of the molecule is Cc1ccn(CC2CCCNC2)c(=O)c1C(=O)N(CCN(C)C)Cc1ccccc1. The Labute approximate surface area is 179 Å². The summed E-state index contributed by atoms with van der Waals surface area (Å²) in [7, 11) is 3.98. The minimum atomic E-state index is -0.181. The lowest BCUT2D eigenvalue weighted by Crippen LogP contribution is -2.41. The zero-order valence-corrected chi connectivity index (χ0v) is 18.4. The Morgan fingerprint density at radius 1 is 1.17 bits per heavy atom. The zero-order valence-electron chi connectivity index (χ0n) is 18.4. The fourth-order valence-electron chi connectivity index (χ4n) is 3.96. The lowest BCUT2D eigenvalue weighted by Gasteiger charge is -2.26. The van der Waals surface area contributed by atoms with E-state index in [2.05, 4.69) is 10.2 Å². The lowest BCUT2D eigenvalue weighted by molar-refractivity contribution is 0.0728. The first-order valence-corrected chi connectivity index (χ1v) is 10.8. The third-order valence-electron chi connectivity index (χ3n) is 5.76. The number of pyridine rings is 1. The van der Waals surface area contributed by atoms with Crippen LogP contribution in [0.15, 0.2) is 47.4 Å². The van der Waals surface area contributed by atoms with Gasteiger partial charge in [0.05, 0.1) is 0 Å². The van der Waals surface area contributed by atoms with Crippen molar-refractivity contribution in [1.82, 2.24) is 19.7 Å². The molecule has 1 aliphatic rings. The van der Waals surface area contributed by atoms with E-state index < -0.39 is 0 Å². The molecular weight excluding hydrogens is 376 g/mol. The van der Waals surface area contributed by atoms with Crippen molar-refractivity contribution in [3.63, 3.8) is 0 Å². The van der Waals surface area contributed by atoms with Crippen molar-refractivity contribution in [2.24, 2.45) is 5.92 Å². The third kappa shape index (κ3) is 5.80. The predicted molar refractivity (Wildman–Crippen MR) is 121 cm³/mol. The fourth-order valence-corrected chi connectivity index (χ4v) is 3.96. The molecule has 0 spiro atoms. The molecule has 1 amide bonds. The summed E-state index contributed by atoms with van der Waals surface area (Å²) in [5, 5.41) is 3.40. The maximum Gasteiger partial charge on any atom is 0.263 e. The van der Waals surface area contributed by atoms with Crippen molar-refractivity contribution < 1.29 is 4.79 Å². The molecule has 0 saturated carbocycles. The molecule has 1 aromatic carbocycles. The Kier molecular flexibility index (Phi) is 7.82. The van der Waals surface area contributed by atoms with Gasteiger partial charge in [0.2, 0.25) is 0 Å². The van der Waals surface area contributed by atoms with E-state index >= 15 is 0 Å². The Hall–Kier alpha value is -2.44. The monoisotopic (exact) mass is 410 g/mol. The molecule has 0 bridgehead atoms. The van der Waals surface area contributed by atoms with Gasteiger partial charge in [-0.1, -0.05) is 30.3 Å². The van der Waals surface area contributed by atoms with Gasteiger partial charge >= 0.3 is 0 Å². The molecule has 6 heteroatoms. The second-order valence-electron chi connectivity index (χ2n) is 8.56. The van der Waals surface area contributed by atoms with Crippen LogP contribution in [0.25, 0.3) is 0 Å². The fraction of sp³-hybridized carbons (Fsp3) is 0.500. The second-order valence-corrected chi connectivity index (χ2v) is 8.56. The number of carbonyl (C=O) groups is 1. The number of hydrogen-bond acceptors (Lipinski definition) is 4. The molecular formula is C24H34N4O2. The molecule has 2 aromatic rings. The number of carbonyl (C=O) groups excluding carboxylic acids is 1. The summed E-state index contributed by atoms with van der Waals surface area (Å²) in [6, 6.07) is 11.9. The molecule has 0 radical (unpaired) electrons. The van der Waals surface area contributed by atoms with Crippen molar-refractivity contribution in [3.8, 4) is 0 Å². The van der Waals surface area contributed by atoms with E-state index in [-0.39, 0.29) is 11.5 Å². The van der Waals surface area contributed by atoms with Crippen LogP contribution in [0.2, 0.25) is 0 Å². The van der Waals surface area contributed by atoms with Crippen molar-refractivity contribution in [2.45, 2.75) is 32.9 Å². The molecule has 1 saturated heterocycles. The molecule has 1 atom stereocenters. The van der Waals surface area contributed by atoms with E-state index in [1.165, 1.54) is 0 Å². The van der Waals surface area contributed by atoms with E-state index in [9.17, 15) is 9.59 Å². The van der Waals surface area contributed by atoms with E-state index in [0.29, 0.717) is 31.1 Å². The Morgan fingerprint density at radius 3 is 2.60 bits per heavy atom. The number of likely N-dealkylation sites (N-methyl/N-ethyl adjacent to an activating group) is 1. The molecule has 2 heterocycles. The highest BCUT2D eigenvalue weighted by atomic mass is 16.2. The van der Waals surface area contributed by atoms with Gasteiger partial charge < -0.3 is 19.7 Å². The van der Waals surface area contributed by atoms with Crippen molar-refractivity contribution in [2.75, 3.05) is 40.3 Å². The highest BCUT2D eigenvalue weighted by Crippen LogP contribution is 2.14. The molecule has 30 heavy (non-hydrogen) atoms. The van der Waals surface area contributed by atoms with Crippen LogP contribution in [0.4, 0.5) is 0 Å². The third-order valence-corrected chi connectivity index (χ3v) is 5.76. The van der Waals surface area contributed by atoms with Gasteiger partial charge in [0.1, 0.15) is 5.56 Å². The molecule has 6 nitrogen and oxygen atoms in total. The van der Waals surface area contributed by atoms with E-state index in [1.807, 2.05) is 63.6 Å². The Morgan fingerprint density at radius 2 is 1.93 bits per heavy atom. The standard InChI is InChI=1S/C24H34N4O2/c1-19-11-13-27(18-21-10-7-12-25-16-21)23(29)22(19)24(30)28(15-14-26(2)3)17-20-8-5-4-6-9-20/h4-6,8-9,11,13,21,25H,7,10,12,14-18H2,1-3H3. The summed E-state index contributed by atoms with van der Waals surface area (Å²) in [6.07, 6.45) is 4.08. The summed E-state index contributed by atoms with van der Waals surface area (Å²) in [5.41, 5.74) is 1.93. The quantitative estimate of drug-likeness (QED) is 0.726. The number of aryl methyl sites for hydroxylation is 1. The van der Waals surface area contributed by atoms with Crippen molar-refractivity contribution in [1.29, 1.82) is 0 Å². The van der Waals surface area contributed by atoms with E-state index in [0.717, 1.165) is 43.6 Å². The zero-order chi connectivity index (χ0) is 21.5. The molecule has 162 valence electrons. The Bertz CT molecular complexity index is 886. The summed E-state index contributed by atoms with van der Waals surface area (Å²) in [4.78, 5) is 30.7. The van der Waals surface area contributed by atoms with E-state index in [4.69, 9.17) is 0 Å².